The zero-order valence-corrected chi connectivity index (χ0v) is 19.9. The fraction of sp³-hybridized carbons (Fsp3) is 0.375. The lowest BCUT2D eigenvalue weighted by molar-refractivity contribution is -0.115. The van der Waals surface area contributed by atoms with E-state index in [0.717, 1.165) is 6.42 Å². The molecule has 0 bridgehead atoms. The minimum absolute atomic E-state index is 0.0775. The fourth-order valence-corrected chi connectivity index (χ4v) is 4.13. The van der Waals surface area contributed by atoms with Crippen molar-refractivity contribution in [1.82, 2.24) is 9.55 Å². The van der Waals surface area contributed by atoms with Crippen LogP contribution in [0.4, 0.5) is 5.69 Å². The number of rotatable bonds is 9. The number of nitrogens with zero attached hydrogens (tertiary/aromatic N) is 2. The maximum absolute atomic E-state index is 13.1. The van der Waals surface area contributed by atoms with Gasteiger partial charge < -0.3 is 14.8 Å². The molecule has 0 spiro atoms. The number of aromatic nitrogens is 2. The fourth-order valence-electron chi connectivity index (χ4n) is 3.19. The summed E-state index contributed by atoms with van der Waals surface area (Å²) in [6, 6.07) is 12.5. The number of thioether (sulfide) groups is 1. The second kappa shape index (κ2) is 10.5. The van der Waals surface area contributed by atoms with Crippen molar-refractivity contribution in [2.75, 3.05) is 19.5 Å². The van der Waals surface area contributed by atoms with Crippen molar-refractivity contribution in [2.45, 2.75) is 44.1 Å². The Balaban J connectivity index is 1.85. The quantitative estimate of drug-likeness (QED) is 0.376. The molecular weight excluding hydrogens is 426 g/mol. The van der Waals surface area contributed by atoms with Crippen LogP contribution in [0.5, 0.6) is 11.5 Å². The lowest BCUT2D eigenvalue weighted by Crippen LogP contribution is -2.27. The number of ether oxygens (including phenoxy) is 2. The number of nitrogens with one attached hydrogen (secondary N) is 1. The number of anilines is 1. The number of fused-ring (bicyclic) bond motifs is 1. The topological polar surface area (TPSA) is 82.5 Å². The van der Waals surface area contributed by atoms with Gasteiger partial charge >= 0.3 is 0 Å². The second-order valence-corrected chi connectivity index (χ2v) is 9.18. The molecule has 0 saturated heterocycles. The van der Waals surface area contributed by atoms with Crippen LogP contribution < -0.4 is 20.3 Å². The van der Waals surface area contributed by atoms with E-state index in [4.69, 9.17) is 14.5 Å². The van der Waals surface area contributed by atoms with E-state index in [1.807, 2.05) is 18.2 Å². The van der Waals surface area contributed by atoms with E-state index in [9.17, 15) is 9.59 Å². The summed E-state index contributed by atoms with van der Waals surface area (Å²) < 4.78 is 12.2. The molecular formula is C24H29N3O4S. The molecule has 1 unspecified atom stereocenters. The number of amides is 1. The molecule has 0 aliphatic rings. The van der Waals surface area contributed by atoms with E-state index in [-0.39, 0.29) is 11.5 Å². The first-order chi connectivity index (χ1) is 15.3. The van der Waals surface area contributed by atoms with Crippen molar-refractivity contribution in [1.29, 1.82) is 0 Å². The molecule has 0 aliphatic carbocycles. The molecule has 1 atom stereocenters. The summed E-state index contributed by atoms with van der Waals surface area (Å²) in [5, 5.41) is 3.56. The highest BCUT2D eigenvalue weighted by Crippen LogP contribution is 2.30. The molecule has 0 aliphatic heterocycles. The first-order valence-electron chi connectivity index (χ1n) is 10.5. The van der Waals surface area contributed by atoms with Crippen molar-refractivity contribution in [2.24, 2.45) is 5.92 Å². The molecule has 170 valence electrons. The van der Waals surface area contributed by atoms with Gasteiger partial charge in [0.1, 0.15) is 0 Å². The van der Waals surface area contributed by atoms with E-state index >= 15 is 0 Å². The predicted octanol–water partition coefficient (Wildman–Crippen LogP) is 4.58. The van der Waals surface area contributed by atoms with Crippen molar-refractivity contribution >= 4 is 34.3 Å². The Labute approximate surface area is 192 Å². The molecule has 1 N–H and O–H groups in total. The maximum Gasteiger partial charge on any atom is 0.262 e. The van der Waals surface area contributed by atoms with Crippen LogP contribution in [0.3, 0.4) is 0 Å². The first kappa shape index (κ1) is 23.7. The summed E-state index contributed by atoms with van der Waals surface area (Å²) in [6.45, 7) is 6.59. The summed E-state index contributed by atoms with van der Waals surface area (Å²) in [5.74, 6) is 1.36. The normalized spacial score (nSPS) is 12.1. The lowest BCUT2D eigenvalue weighted by atomic mass is 10.1. The summed E-state index contributed by atoms with van der Waals surface area (Å²) in [5.41, 5.74) is 1.16. The molecule has 3 rings (SSSR count). The van der Waals surface area contributed by atoms with Gasteiger partial charge in [0.05, 0.1) is 30.4 Å². The molecule has 0 fully saturated rings. The zero-order valence-electron chi connectivity index (χ0n) is 19.0. The van der Waals surface area contributed by atoms with Crippen molar-refractivity contribution < 1.29 is 14.3 Å². The van der Waals surface area contributed by atoms with Gasteiger partial charge in [-0.25, -0.2) is 4.98 Å². The Hall–Kier alpha value is -3.00. The molecule has 3 aromatic rings. The number of methoxy groups -OCH3 is 2. The van der Waals surface area contributed by atoms with Crippen LogP contribution in [0.2, 0.25) is 0 Å². The van der Waals surface area contributed by atoms with E-state index in [0.29, 0.717) is 45.7 Å². The van der Waals surface area contributed by atoms with Gasteiger partial charge in [0.2, 0.25) is 5.91 Å². The Morgan fingerprint density at radius 3 is 2.50 bits per heavy atom. The summed E-state index contributed by atoms with van der Waals surface area (Å²) in [6.07, 6.45) is 0.847. The molecule has 2 aromatic carbocycles. The molecule has 8 heteroatoms. The average Bonchev–Trinajstić information content (AvgIpc) is 2.78. The average molecular weight is 456 g/mol. The monoisotopic (exact) mass is 455 g/mol. The van der Waals surface area contributed by atoms with Crippen molar-refractivity contribution in [3.8, 4) is 11.5 Å². The third-order valence-corrected chi connectivity index (χ3v) is 6.15. The molecule has 0 saturated carbocycles. The number of carbonyl (C=O) groups excluding carboxylic acids is 1. The summed E-state index contributed by atoms with van der Waals surface area (Å²) in [4.78, 5) is 30.7. The maximum atomic E-state index is 13.1. The van der Waals surface area contributed by atoms with Gasteiger partial charge in [-0.3, -0.25) is 14.2 Å². The van der Waals surface area contributed by atoms with E-state index in [2.05, 4.69) is 19.2 Å². The Kier molecular flexibility index (Phi) is 7.80. The molecule has 32 heavy (non-hydrogen) atoms. The van der Waals surface area contributed by atoms with Gasteiger partial charge in [-0.05, 0) is 43.5 Å². The zero-order chi connectivity index (χ0) is 23.3. The standard InChI is InChI=1S/C24H29N3O4S/c1-15(2)12-13-27-23(29)18-8-6-7-9-19(18)26-24(27)32-16(3)22(28)25-17-10-11-20(30-4)21(14-17)31-5/h6-11,14-16H,12-13H2,1-5H3,(H,25,28). The van der Waals surface area contributed by atoms with Crippen LogP contribution in [-0.4, -0.2) is 34.9 Å². The molecule has 1 heterocycles. The number of carbonyl (C=O) groups is 1. The third kappa shape index (κ3) is 5.43. The van der Waals surface area contributed by atoms with Gasteiger partial charge in [0.15, 0.2) is 16.7 Å². The van der Waals surface area contributed by atoms with Gasteiger partial charge in [0, 0.05) is 18.3 Å². The lowest BCUT2D eigenvalue weighted by Gasteiger charge is -2.17. The van der Waals surface area contributed by atoms with E-state index in [1.165, 1.54) is 11.8 Å². The van der Waals surface area contributed by atoms with E-state index in [1.54, 1.807) is 50.0 Å². The first-order valence-corrected chi connectivity index (χ1v) is 11.4. The number of para-hydroxylation sites is 1. The minimum atomic E-state index is -0.471. The van der Waals surface area contributed by atoms with Gasteiger partial charge in [-0.2, -0.15) is 0 Å². The smallest absolute Gasteiger partial charge is 0.262 e. The van der Waals surface area contributed by atoms with Gasteiger partial charge in [0.25, 0.3) is 5.56 Å². The molecule has 1 amide bonds. The van der Waals surface area contributed by atoms with Gasteiger partial charge in [-0.15, -0.1) is 0 Å². The highest BCUT2D eigenvalue weighted by molar-refractivity contribution is 8.00. The van der Waals surface area contributed by atoms with Crippen LogP contribution in [0.1, 0.15) is 27.2 Å². The number of benzene rings is 2. The Morgan fingerprint density at radius 1 is 1.09 bits per heavy atom. The molecule has 1 aromatic heterocycles. The number of hydrogen-bond donors (Lipinski definition) is 1. The molecule has 0 radical (unpaired) electrons. The predicted molar refractivity (Wildman–Crippen MR) is 129 cm³/mol. The third-order valence-electron chi connectivity index (χ3n) is 5.06. The summed E-state index contributed by atoms with van der Waals surface area (Å²) >= 11 is 1.28. The van der Waals surface area contributed by atoms with E-state index < -0.39 is 5.25 Å². The second-order valence-electron chi connectivity index (χ2n) is 7.87. The highest BCUT2D eigenvalue weighted by Gasteiger charge is 2.20. The summed E-state index contributed by atoms with van der Waals surface area (Å²) in [7, 11) is 3.11. The van der Waals surface area contributed by atoms with Crippen LogP contribution in [0.25, 0.3) is 10.9 Å². The largest absolute Gasteiger partial charge is 0.493 e. The minimum Gasteiger partial charge on any atom is -0.493 e. The van der Waals surface area contributed by atoms with Crippen LogP contribution in [-0.2, 0) is 11.3 Å². The van der Waals surface area contributed by atoms with Crippen molar-refractivity contribution in [3.05, 3.63) is 52.8 Å². The Bertz CT molecular complexity index is 1160. The molecule has 7 nitrogen and oxygen atoms in total. The van der Waals surface area contributed by atoms with Crippen molar-refractivity contribution in [3.63, 3.8) is 0 Å². The van der Waals surface area contributed by atoms with Gasteiger partial charge in [-0.1, -0.05) is 37.7 Å². The Morgan fingerprint density at radius 2 is 1.81 bits per heavy atom. The van der Waals surface area contributed by atoms with Crippen LogP contribution >= 0.6 is 11.8 Å². The number of hydrogen-bond acceptors (Lipinski definition) is 6. The van der Waals surface area contributed by atoms with Crippen LogP contribution in [0, 0.1) is 5.92 Å². The highest BCUT2D eigenvalue weighted by atomic mass is 32.2. The van der Waals surface area contributed by atoms with Crippen LogP contribution in [0.15, 0.2) is 52.4 Å². The SMILES string of the molecule is COc1ccc(NC(=O)C(C)Sc2nc3ccccc3c(=O)n2CCC(C)C)cc1OC.